The molecule has 0 unspecified atom stereocenters. The predicted octanol–water partition coefficient (Wildman–Crippen LogP) is 3.96. The highest BCUT2D eigenvalue weighted by Gasteiger charge is 2.31. The summed E-state index contributed by atoms with van der Waals surface area (Å²) in [6.45, 7) is 0. The Morgan fingerprint density at radius 2 is 2.00 bits per heavy atom. The lowest BCUT2D eigenvalue weighted by atomic mass is 10.1. The van der Waals surface area contributed by atoms with Crippen molar-refractivity contribution in [2.45, 2.75) is 0 Å². The molecule has 2 heterocycles. The molecule has 1 aromatic heterocycles. The first kappa shape index (κ1) is 13.9. The van der Waals surface area contributed by atoms with Crippen molar-refractivity contribution >= 4 is 38.7 Å². The molecule has 2 aromatic carbocycles. The second-order valence-electron chi connectivity index (χ2n) is 5.21. The number of nitrogens with one attached hydrogen (secondary N) is 1. The fourth-order valence-corrected chi connectivity index (χ4v) is 3.02. The number of hydrogen-bond acceptors (Lipinski definition) is 4. The Morgan fingerprint density at radius 3 is 2.83 bits per heavy atom. The van der Waals surface area contributed by atoms with Crippen LogP contribution in [0.15, 0.2) is 46.8 Å². The van der Waals surface area contributed by atoms with Gasteiger partial charge in [-0.25, -0.2) is 0 Å². The van der Waals surface area contributed by atoms with Gasteiger partial charge in [-0.1, -0.05) is 22.0 Å². The van der Waals surface area contributed by atoms with Gasteiger partial charge in [0.05, 0.1) is 0 Å². The molecule has 5 nitrogen and oxygen atoms in total. The number of aromatic amines is 1. The van der Waals surface area contributed by atoms with Crippen molar-refractivity contribution in [3.05, 3.63) is 57.9 Å². The van der Waals surface area contributed by atoms with E-state index >= 15 is 0 Å². The zero-order chi connectivity index (χ0) is 16.1. The average molecular weight is 372 g/mol. The summed E-state index contributed by atoms with van der Waals surface area (Å²) in [6, 6.07) is 8.20. The Bertz CT molecular complexity index is 1000. The molecule has 3 N–H and O–H groups in total. The minimum atomic E-state index is -0.413. The maximum absolute atomic E-state index is 12.4. The van der Waals surface area contributed by atoms with Gasteiger partial charge >= 0.3 is 0 Å². The maximum Gasteiger partial charge on any atom is 0.235 e. The summed E-state index contributed by atoms with van der Waals surface area (Å²) in [7, 11) is 0. The van der Waals surface area contributed by atoms with Crippen LogP contribution in [0.2, 0.25) is 0 Å². The second kappa shape index (κ2) is 4.89. The Labute approximate surface area is 139 Å². The molecule has 1 aliphatic heterocycles. The van der Waals surface area contributed by atoms with Gasteiger partial charge < -0.3 is 19.9 Å². The lowest BCUT2D eigenvalue weighted by molar-refractivity contribution is 0.101. The number of aromatic hydroxyl groups is 2. The van der Waals surface area contributed by atoms with Crippen LogP contribution in [0.5, 0.6) is 17.2 Å². The van der Waals surface area contributed by atoms with E-state index in [1.54, 1.807) is 12.3 Å². The standard InChI is InChI=1S/C17H10BrNO4/c18-9-1-2-11-8(7-19-12(11)4-9)3-15-17(22)16-13(21)5-10(20)6-14(16)23-15/h1-7,19-21H. The van der Waals surface area contributed by atoms with E-state index < -0.39 is 5.78 Å². The summed E-state index contributed by atoms with van der Waals surface area (Å²) in [5.41, 5.74) is 1.79. The molecule has 0 aliphatic carbocycles. The fourth-order valence-electron chi connectivity index (χ4n) is 2.66. The Kier molecular flexibility index (Phi) is 2.96. The molecule has 3 aromatic rings. The van der Waals surface area contributed by atoms with Gasteiger partial charge in [0.1, 0.15) is 22.8 Å². The number of hydrogen-bond donors (Lipinski definition) is 3. The molecule has 114 valence electrons. The molecule has 1 aliphatic rings. The monoisotopic (exact) mass is 371 g/mol. The van der Waals surface area contributed by atoms with Gasteiger partial charge in [0.2, 0.25) is 5.78 Å². The molecule has 0 fully saturated rings. The molecular formula is C17H10BrNO4. The average Bonchev–Trinajstić information content (AvgIpc) is 3.01. The van der Waals surface area contributed by atoms with Gasteiger partial charge in [0.25, 0.3) is 0 Å². The quantitative estimate of drug-likeness (QED) is 0.565. The number of aromatic nitrogens is 1. The van der Waals surface area contributed by atoms with Crippen LogP contribution in [-0.4, -0.2) is 21.0 Å². The number of allylic oxidation sites excluding steroid dienone is 1. The number of halogens is 1. The van der Waals surface area contributed by atoms with Crippen molar-refractivity contribution in [1.29, 1.82) is 0 Å². The molecule has 0 saturated heterocycles. The van der Waals surface area contributed by atoms with Crippen LogP contribution >= 0.6 is 15.9 Å². The molecule has 23 heavy (non-hydrogen) atoms. The van der Waals surface area contributed by atoms with Crippen LogP contribution in [-0.2, 0) is 0 Å². The third-order valence-corrected chi connectivity index (χ3v) is 4.19. The van der Waals surface area contributed by atoms with E-state index in [1.807, 2.05) is 18.2 Å². The van der Waals surface area contributed by atoms with E-state index in [2.05, 4.69) is 20.9 Å². The normalized spacial score (nSPS) is 15.2. The molecule has 0 spiro atoms. The highest BCUT2D eigenvalue weighted by atomic mass is 79.9. The second-order valence-corrected chi connectivity index (χ2v) is 6.13. The minimum absolute atomic E-state index is 0.0663. The van der Waals surface area contributed by atoms with Crippen LogP contribution < -0.4 is 4.74 Å². The first-order valence-electron chi connectivity index (χ1n) is 6.80. The van der Waals surface area contributed by atoms with Crippen molar-refractivity contribution in [2.24, 2.45) is 0 Å². The number of H-pyrrole nitrogens is 1. The number of ether oxygens (including phenoxy) is 1. The Hall–Kier alpha value is -2.73. The molecule has 0 bridgehead atoms. The molecule has 0 saturated carbocycles. The first-order valence-corrected chi connectivity index (χ1v) is 7.59. The van der Waals surface area contributed by atoms with Crippen molar-refractivity contribution in [3.8, 4) is 17.2 Å². The highest BCUT2D eigenvalue weighted by Crippen LogP contribution is 2.40. The van der Waals surface area contributed by atoms with Crippen molar-refractivity contribution in [1.82, 2.24) is 4.98 Å². The summed E-state index contributed by atoms with van der Waals surface area (Å²) in [5.74, 6) is -0.612. The van der Waals surface area contributed by atoms with Crippen molar-refractivity contribution in [2.75, 3.05) is 0 Å². The molecular weight excluding hydrogens is 362 g/mol. The Morgan fingerprint density at radius 1 is 1.17 bits per heavy atom. The van der Waals surface area contributed by atoms with Gasteiger partial charge in [-0.2, -0.15) is 0 Å². The van der Waals surface area contributed by atoms with E-state index in [0.29, 0.717) is 0 Å². The topological polar surface area (TPSA) is 82.6 Å². The lowest BCUT2D eigenvalue weighted by Crippen LogP contribution is -1.98. The third kappa shape index (κ3) is 2.19. The number of rotatable bonds is 1. The van der Waals surface area contributed by atoms with E-state index in [4.69, 9.17) is 4.74 Å². The van der Waals surface area contributed by atoms with Crippen LogP contribution in [0.3, 0.4) is 0 Å². The van der Waals surface area contributed by atoms with Gasteiger partial charge in [0.15, 0.2) is 5.76 Å². The zero-order valence-electron chi connectivity index (χ0n) is 11.6. The van der Waals surface area contributed by atoms with Crippen LogP contribution in [0.25, 0.3) is 17.0 Å². The molecule has 0 radical (unpaired) electrons. The molecule has 0 amide bonds. The van der Waals surface area contributed by atoms with Crippen LogP contribution in [0.1, 0.15) is 15.9 Å². The number of ketones is 1. The molecule has 0 atom stereocenters. The summed E-state index contributed by atoms with van der Waals surface area (Å²) in [5, 5.41) is 20.3. The van der Waals surface area contributed by atoms with E-state index in [0.717, 1.165) is 27.0 Å². The lowest BCUT2D eigenvalue weighted by Gasteiger charge is -2.00. The fraction of sp³-hybridized carbons (Fsp3) is 0. The summed E-state index contributed by atoms with van der Waals surface area (Å²) < 4.78 is 6.45. The van der Waals surface area contributed by atoms with Gasteiger partial charge in [-0.05, 0) is 18.2 Å². The summed E-state index contributed by atoms with van der Waals surface area (Å²) >= 11 is 3.41. The molecule has 6 heteroatoms. The smallest absolute Gasteiger partial charge is 0.235 e. The summed E-state index contributed by atoms with van der Waals surface area (Å²) in [4.78, 5) is 15.5. The number of fused-ring (bicyclic) bond motifs is 2. The number of carbonyl (C=O) groups is 1. The van der Waals surface area contributed by atoms with Crippen LogP contribution in [0, 0.1) is 0 Å². The largest absolute Gasteiger partial charge is 0.508 e. The van der Waals surface area contributed by atoms with E-state index in [1.165, 1.54) is 6.07 Å². The number of phenolic OH excluding ortho intramolecular Hbond substituents is 2. The number of benzene rings is 2. The van der Waals surface area contributed by atoms with E-state index in [-0.39, 0.29) is 28.6 Å². The van der Waals surface area contributed by atoms with Gasteiger partial charge in [-0.15, -0.1) is 0 Å². The minimum Gasteiger partial charge on any atom is -0.508 e. The molecule has 4 rings (SSSR count). The number of carbonyl (C=O) groups excluding carboxylic acids is 1. The third-order valence-electron chi connectivity index (χ3n) is 3.70. The summed E-state index contributed by atoms with van der Waals surface area (Å²) in [6.07, 6.45) is 3.40. The maximum atomic E-state index is 12.4. The SMILES string of the molecule is O=C1C(=Cc2c[nH]c3cc(Br)ccc23)Oc2cc(O)cc(O)c21. The van der Waals surface area contributed by atoms with E-state index in [9.17, 15) is 15.0 Å². The first-order chi connectivity index (χ1) is 11.0. The Balaban J connectivity index is 1.81. The van der Waals surface area contributed by atoms with Gasteiger partial charge in [-0.3, -0.25) is 4.79 Å². The number of phenols is 2. The highest BCUT2D eigenvalue weighted by molar-refractivity contribution is 9.10. The van der Waals surface area contributed by atoms with Gasteiger partial charge in [0, 0.05) is 39.3 Å². The number of Topliss-reactive ketones (excluding diaryl/α,β-unsaturated/α-hetero) is 1. The van der Waals surface area contributed by atoms with Crippen molar-refractivity contribution in [3.63, 3.8) is 0 Å². The zero-order valence-corrected chi connectivity index (χ0v) is 13.2. The predicted molar refractivity (Wildman–Crippen MR) is 88.7 cm³/mol. The van der Waals surface area contributed by atoms with Crippen molar-refractivity contribution < 1.29 is 19.7 Å². The van der Waals surface area contributed by atoms with Crippen LogP contribution in [0.4, 0.5) is 0 Å².